The number of hydrogen-bond acceptors (Lipinski definition) is 3. The van der Waals surface area contributed by atoms with Gasteiger partial charge in [-0.25, -0.2) is 0 Å². The molecule has 27 heavy (non-hydrogen) atoms. The monoisotopic (exact) mass is 377 g/mol. The maximum Gasteiger partial charge on any atom is 0.163 e. The van der Waals surface area contributed by atoms with Gasteiger partial charge >= 0.3 is 0 Å². The Labute approximate surface area is 165 Å². The van der Waals surface area contributed by atoms with Crippen LogP contribution in [0.15, 0.2) is 48.5 Å². The van der Waals surface area contributed by atoms with Crippen molar-refractivity contribution >= 4 is 33.7 Å². The van der Waals surface area contributed by atoms with E-state index in [-0.39, 0.29) is 5.92 Å². The molecule has 1 aliphatic heterocycles. The van der Waals surface area contributed by atoms with Gasteiger partial charge in [-0.05, 0) is 34.6 Å². The lowest BCUT2D eigenvalue weighted by Gasteiger charge is -2.29. The number of rotatable bonds is 4. The third kappa shape index (κ3) is 3.04. The van der Waals surface area contributed by atoms with E-state index in [1.54, 1.807) is 14.2 Å². The first kappa shape index (κ1) is 17.8. The molecule has 3 aromatic carbocycles. The van der Waals surface area contributed by atoms with Crippen molar-refractivity contribution < 1.29 is 9.47 Å². The number of aryl methyl sites for hydroxylation is 1. The summed E-state index contributed by atoms with van der Waals surface area (Å²) in [5.41, 5.74) is 4.77. The van der Waals surface area contributed by atoms with Crippen LogP contribution in [0.5, 0.6) is 11.5 Å². The van der Waals surface area contributed by atoms with Gasteiger partial charge in [-0.2, -0.15) is 0 Å². The minimum absolute atomic E-state index is 0.198. The maximum atomic E-state index is 5.63. The van der Waals surface area contributed by atoms with Gasteiger partial charge in [0.2, 0.25) is 0 Å². The van der Waals surface area contributed by atoms with Crippen LogP contribution < -0.4 is 14.8 Å². The van der Waals surface area contributed by atoms with E-state index in [4.69, 9.17) is 21.7 Å². The van der Waals surface area contributed by atoms with E-state index in [1.165, 1.54) is 21.9 Å². The van der Waals surface area contributed by atoms with E-state index in [0.29, 0.717) is 0 Å². The van der Waals surface area contributed by atoms with Gasteiger partial charge in [0.05, 0.1) is 24.9 Å². The van der Waals surface area contributed by atoms with E-state index in [1.807, 2.05) is 0 Å². The summed E-state index contributed by atoms with van der Waals surface area (Å²) in [6.45, 7) is 2.13. The number of nitrogens with one attached hydrogen (secondary N) is 1. The summed E-state index contributed by atoms with van der Waals surface area (Å²) in [6, 6.07) is 17.2. The van der Waals surface area contributed by atoms with Gasteiger partial charge < -0.3 is 14.8 Å². The van der Waals surface area contributed by atoms with Crippen molar-refractivity contribution in [3.63, 3.8) is 0 Å². The average molecular weight is 378 g/mol. The number of anilines is 1. The van der Waals surface area contributed by atoms with Crippen LogP contribution in [0, 0.1) is 0 Å². The SMILES string of the molecule is CCc1cc(C2CC(=S)Nc3c2ccc2ccccc32)cc(OC)c1OC. The third-order valence-corrected chi connectivity index (χ3v) is 5.62. The maximum absolute atomic E-state index is 5.63. The quantitative estimate of drug-likeness (QED) is 0.591. The van der Waals surface area contributed by atoms with Crippen LogP contribution in [0.3, 0.4) is 0 Å². The summed E-state index contributed by atoms with van der Waals surface area (Å²) in [5, 5.41) is 5.88. The van der Waals surface area contributed by atoms with E-state index in [2.05, 4.69) is 60.8 Å². The van der Waals surface area contributed by atoms with Gasteiger partial charge in [-0.3, -0.25) is 0 Å². The zero-order valence-electron chi connectivity index (χ0n) is 15.8. The van der Waals surface area contributed by atoms with Crippen molar-refractivity contribution in [1.82, 2.24) is 0 Å². The molecule has 0 saturated heterocycles. The first-order valence-electron chi connectivity index (χ1n) is 9.22. The molecule has 4 rings (SSSR count). The number of hydrogen-bond donors (Lipinski definition) is 1. The van der Waals surface area contributed by atoms with Crippen LogP contribution in [-0.2, 0) is 6.42 Å². The van der Waals surface area contributed by atoms with Crippen LogP contribution in [0.1, 0.15) is 36.0 Å². The Balaban J connectivity index is 1.91. The van der Waals surface area contributed by atoms with Crippen molar-refractivity contribution in [2.75, 3.05) is 19.5 Å². The first-order valence-corrected chi connectivity index (χ1v) is 9.63. The van der Waals surface area contributed by atoms with E-state index in [0.717, 1.165) is 40.6 Å². The molecular weight excluding hydrogens is 354 g/mol. The van der Waals surface area contributed by atoms with Gasteiger partial charge in [-0.1, -0.05) is 61.6 Å². The van der Waals surface area contributed by atoms with Crippen LogP contribution in [0.25, 0.3) is 10.8 Å². The largest absolute Gasteiger partial charge is 0.493 e. The van der Waals surface area contributed by atoms with Crippen LogP contribution in [0.4, 0.5) is 5.69 Å². The predicted molar refractivity (Wildman–Crippen MR) is 116 cm³/mol. The highest BCUT2D eigenvalue weighted by molar-refractivity contribution is 7.80. The molecule has 1 N–H and O–H groups in total. The van der Waals surface area contributed by atoms with Crippen LogP contribution in [0.2, 0.25) is 0 Å². The third-order valence-electron chi connectivity index (χ3n) is 5.35. The van der Waals surface area contributed by atoms with Crippen molar-refractivity contribution in [2.45, 2.75) is 25.7 Å². The lowest BCUT2D eigenvalue weighted by molar-refractivity contribution is 0.351. The van der Waals surface area contributed by atoms with Crippen LogP contribution >= 0.6 is 12.2 Å². The minimum atomic E-state index is 0.198. The summed E-state index contributed by atoms with van der Waals surface area (Å²) in [5.74, 6) is 1.79. The van der Waals surface area contributed by atoms with Gasteiger partial charge in [0.25, 0.3) is 0 Å². The van der Waals surface area contributed by atoms with Crippen LogP contribution in [-0.4, -0.2) is 19.2 Å². The van der Waals surface area contributed by atoms with Crippen molar-refractivity contribution in [3.05, 3.63) is 65.2 Å². The number of fused-ring (bicyclic) bond motifs is 3. The minimum Gasteiger partial charge on any atom is -0.493 e. The number of thiocarbonyl (C=S) groups is 1. The summed E-state index contributed by atoms with van der Waals surface area (Å²) < 4.78 is 11.2. The average Bonchev–Trinajstić information content (AvgIpc) is 2.71. The second-order valence-corrected chi connectivity index (χ2v) is 7.32. The Morgan fingerprint density at radius 3 is 2.63 bits per heavy atom. The van der Waals surface area contributed by atoms with Crippen molar-refractivity contribution in [1.29, 1.82) is 0 Å². The fourth-order valence-corrected chi connectivity index (χ4v) is 4.30. The molecule has 0 saturated carbocycles. The number of ether oxygens (including phenoxy) is 2. The topological polar surface area (TPSA) is 30.5 Å². The zero-order chi connectivity index (χ0) is 19.0. The van der Waals surface area contributed by atoms with Crippen molar-refractivity contribution in [2.24, 2.45) is 0 Å². The molecule has 1 unspecified atom stereocenters. The van der Waals surface area contributed by atoms with E-state index in [9.17, 15) is 0 Å². The van der Waals surface area contributed by atoms with E-state index < -0.39 is 0 Å². The molecule has 4 heteroatoms. The second kappa shape index (κ2) is 7.20. The fourth-order valence-electron chi connectivity index (χ4n) is 4.03. The predicted octanol–water partition coefficient (Wildman–Crippen LogP) is 5.69. The molecule has 3 nitrogen and oxygen atoms in total. The summed E-state index contributed by atoms with van der Waals surface area (Å²) in [4.78, 5) is 0.872. The van der Waals surface area contributed by atoms with Gasteiger partial charge in [0.1, 0.15) is 0 Å². The normalized spacial score (nSPS) is 16.0. The Kier molecular flexibility index (Phi) is 4.75. The Morgan fingerprint density at radius 2 is 1.89 bits per heavy atom. The molecule has 0 amide bonds. The molecule has 3 aromatic rings. The molecule has 138 valence electrons. The standard InChI is InChI=1S/C23H23NO2S/c1-4-14-11-16(12-20(25-2)23(14)26-3)19-13-21(27)24-22-17-8-6-5-7-15(17)9-10-18(19)22/h5-12,19H,4,13H2,1-3H3,(H,24,27). The van der Waals surface area contributed by atoms with Gasteiger partial charge in [0.15, 0.2) is 11.5 Å². The summed E-state index contributed by atoms with van der Waals surface area (Å²) in [7, 11) is 3.38. The highest BCUT2D eigenvalue weighted by Gasteiger charge is 2.27. The summed E-state index contributed by atoms with van der Waals surface area (Å²) in [6.07, 6.45) is 1.67. The van der Waals surface area contributed by atoms with Gasteiger partial charge in [-0.15, -0.1) is 0 Å². The lowest BCUT2D eigenvalue weighted by Crippen LogP contribution is -2.22. The van der Waals surface area contributed by atoms with E-state index >= 15 is 0 Å². The Hall–Kier alpha value is -2.59. The molecule has 0 radical (unpaired) electrons. The molecule has 0 aromatic heterocycles. The Morgan fingerprint density at radius 1 is 1.07 bits per heavy atom. The highest BCUT2D eigenvalue weighted by atomic mass is 32.1. The zero-order valence-corrected chi connectivity index (χ0v) is 16.7. The highest BCUT2D eigenvalue weighted by Crippen LogP contribution is 2.44. The molecule has 1 heterocycles. The number of methoxy groups -OCH3 is 2. The second-order valence-electron chi connectivity index (χ2n) is 6.82. The molecule has 1 atom stereocenters. The Bertz CT molecular complexity index is 1000. The fraction of sp³-hybridized carbons (Fsp3) is 0.261. The smallest absolute Gasteiger partial charge is 0.163 e. The molecule has 0 fully saturated rings. The molecular formula is C23H23NO2S. The molecule has 0 aliphatic carbocycles. The molecule has 0 spiro atoms. The lowest BCUT2D eigenvalue weighted by atomic mass is 9.82. The first-order chi connectivity index (χ1) is 13.2. The van der Waals surface area contributed by atoms with Crippen molar-refractivity contribution in [3.8, 4) is 11.5 Å². The van der Waals surface area contributed by atoms with Gasteiger partial charge in [0, 0.05) is 17.7 Å². The number of benzene rings is 3. The molecule has 0 bridgehead atoms. The summed E-state index contributed by atoms with van der Waals surface area (Å²) >= 11 is 5.63. The molecule has 1 aliphatic rings.